The van der Waals surface area contributed by atoms with E-state index in [1.165, 1.54) is 6.33 Å². The zero-order chi connectivity index (χ0) is 23.7. The van der Waals surface area contributed by atoms with Crippen molar-refractivity contribution < 1.29 is 14.0 Å². The van der Waals surface area contributed by atoms with Gasteiger partial charge in [0.15, 0.2) is 18.1 Å². The molecule has 1 N–H and O–H groups in total. The standard InChI is InChI=1S/C23H22Cl2N6O3/c1-31-7-3-4-18(31)23-29-21(30-34-23)11-33-20-10-17-14(9-19(20)32-2)22(27-12-26-17)28-13-5-6-15(24)16(25)8-13/h5-6,8-10,12,18H,3-4,7,11H2,1-2H3,(H,26,27,28). The van der Waals surface area contributed by atoms with Gasteiger partial charge >= 0.3 is 0 Å². The van der Waals surface area contributed by atoms with Gasteiger partial charge in [-0.3, -0.25) is 4.90 Å². The first-order valence-corrected chi connectivity index (χ1v) is 11.5. The highest BCUT2D eigenvalue weighted by molar-refractivity contribution is 6.42. The number of nitrogens with one attached hydrogen (secondary N) is 1. The number of hydrogen-bond donors (Lipinski definition) is 1. The molecule has 1 saturated heterocycles. The predicted octanol–water partition coefficient (Wildman–Crippen LogP) is 5.42. The maximum atomic E-state index is 6.14. The predicted molar refractivity (Wildman–Crippen MR) is 129 cm³/mol. The monoisotopic (exact) mass is 500 g/mol. The van der Waals surface area contributed by atoms with Crippen LogP contribution >= 0.6 is 23.2 Å². The molecule has 1 unspecified atom stereocenters. The summed E-state index contributed by atoms with van der Waals surface area (Å²) in [5.41, 5.74) is 1.42. The van der Waals surface area contributed by atoms with Gasteiger partial charge in [-0.15, -0.1) is 0 Å². The minimum Gasteiger partial charge on any atom is -0.493 e. The second-order valence-electron chi connectivity index (χ2n) is 7.97. The van der Waals surface area contributed by atoms with E-state index in [1.807, 2.05) is 12.1 Å². The normalized spacial score (nSPS) is 16.2. The van der Waals surface area contributed by atoms with Crippen molar-refractivity contribution in [1.29, 1.82) is 0 Å². The zero-order valence-corrected chi connectivity index (χ0v) is 20.1. The number of aromatic nitrogens is 4. The third-order valence-corrected chi connectivity index (χ3v) is 6.49. The average molecular weight is 501 g/mol. The summed E-state index contributed by atoms with van der Waals surface area (Å²) >= 11 is 12.2. The quantitative estimate of drug-likeness (QED) is 0.356. The van der Waals surface area contributed by atoms with E-state index in [0.29, 0.717) is 44.6 Å². The van der Waals surface area contributed by atoms with E-state index in [2.05, 4.69) is 37.4 Å². The second kappa shape index (κ2) is 9.61. The number of ether oxygens (including phenoxy) is 2. The molecule has 0 saturated carbocycles. The first-order chi connectivity index (χ1) is 16.5. The van der Waals surface area contributed by atoms with Crippen LogP contribution in [0.2, 0.25) is 10.0 Å². The van der Waals surface area contributed by atoms with Gasteiger partial charge in [0.05, 0.1) is 28.7 Å². The molecule has 0 bridgehead atoms. The Kier molecular flexibility index (Phi) is 6.40. The highest BCUT2D eigenvalue weighted by atomic mass is 35.5. The van der Waals surface area contributed by atoms with Gasteiger partial charge in [0, 0.05) is 17.1 Å². The summed E-state index contributed by atoms with van der Waals surface area (Å²) in [6, 6.07) is 9.04. The molecule has 9 nitrogen and oxygen atoms in total. The summed E-state index contributed by atoms with van der Waals surface area (Å²) in [4.78, 5) is 15.5. The van der Waals surface area contributed by atoms with Crippen LogP contribution in [-0.2, 0) is 6.61 Å². The van der Waals surface area contributed by atoms with Crippen LogP contribution in [-0.4, -0.2) is 45.7 Å². The van der Waals surface area contributed by atoms with Crippen molar-refractivity contribution in [3.63, 3.8) is 0 Å². The van der Waals surface area contributed by atoms with Gasteiger partial charge in [0.1, 0.15) is 12.1 Å². The number of methoxy groups -OCH3 is 1. The molecule has 2 aromatic carbocycles. The molecule has 3 heterocycles. The number of hydrogen-bond acceptors (Lipinski definition) is 9. The average Bonchev–Trinajstić information content (AvgIpc) is 3.48. The lowest BCUT2D eigenvalue weighted by molar-refractivity contribution is 0.241. The molecular formula is C23H22Cl2N6O3. The van der Waals surface area contributed by atoms with E-state index in [-0.39, 0.29) is 12.6 Å². The topological polar surface area (TPSA) is 98.4 Å². The Hall–Kier alpha value is -3.14. The van der Waals surface area contributed by atoms with Crippen LogP contribution in [0.1, 0.15) is 30.6 Å². The molecule has 5 rings (SSSR count). The van der Waals surface area contributed by atoms with E-state index < -0.39 is 0 Å². The molecule has 1 aliphatic heterocycles. The van der Waals surface area contributed by atoms with Crippen molar-refractivity contribution in [3.05, 3.63) is 58.4 Å². The van der Waals surface area contributed by atoms with Gasteiger partial charge in [0.25, 0.3) is 0 Å². The minimum absolute atomic E-state index is 0.140. The summed E-state index contributed by atoms with van der Waals surface area (Å²) < 4.78 is 17.0. The molecule has 0 radical (unpaired) electrons. The van der Waals surface area contributed by atoms with Crippen LogP contribution in [0.4, 0.5) is 11.5 Å². The first kappa shape index (κ1) is 22.6. The number of benzene rings is 2. The summed E-state index contributed by atoms with van der Waals surface area (Å²) in [6.45, 7) is 1.16. The van der Waals surface area contributed by atoms with Gasteiger partial charge in [-0.05, 0) is 50.7 Å². The Balaban J connectivity index is 1.37. The van der Waals surface area contributed by atoms with E-state index in [4.69, 9.17) is 37.2 Å². The van der Waals surface area contributed by atoms with Crippen LogP contribution in [0.15, 0.2) is 41.2 Å². The van der Waals surface area contributed by atoms with Gasteiger partial charge in [0.2, 0.25) is 11.7 Å². The van der Waals surface area contributed by atoms with Crippen molar-refractivity contribution in [2.75, 3.05) is 26.0 Å². The fourth-order valence-corrected chi connectivity index (χ4v) is 4.27. The van der Waals surface area contributed by atoms with Gasteiger partial charge in [-0.25, -0.2) is 9.97 Å². The van der Waals surface area contributed by atoms with Crippen LogP contribution in [0, 0.1) is 0 Å². The highest BCUT2D eigenvalue weighted by Crippen LogP contribution is 2.36. The lowest BCUT2D eigenvalue weighted by Crippen LogP contribution is -2.17. The maximum absolute atomic E-state index is 6.14. The number of fused-ring (bicyclic) bond motifs is 1. The van der Waals surface area contributed by atoms with Gasteiger partial charge in [-0.1, -0.05) is 28.4 Å². The SMILES string of the molecule is COc1cc2c(Nc3ccc(Cl)c(Cl)c3)ncnc2cc1OCc1noc(C2CCCN2C)n1. The van der Waals surface area contributed by atoms with Crippen LogP contribution in [0.5, 0.6) is 11.5 Å². The number of halogens is 2. The largest absolute Gasteiger partial charge is 0.493 e. The summed E-state index contributed by atoms with van der Waals surface area (Å²) in [5, 5.41) is 9.00. The summed E-state index contributed by atoms with van der Waals surface area (Å²) in [5.74, 6) is 2.73. The van der Waals surface area contributed by atoms with E-state index >= 15 is 0 Å². The third-order valence-electron chi connectivity index (χ3n) is 5.75. The Bertz CT molecular complexity index is 1330. The fraction of sp³-hybridized carbons (Fsp3) is 0.304. The van der Waals surface area contributed by atoms with Crippen LogP contribution < -0.4 is 14.8 Å². The molecule has 1 atom stereocenters. The molecule has 1 aliphatic rings. The summed E-state index contributed by atoms with van der Waals surface area (Å²) in [6.07, 6.45) is 3.60. The Labute approximate surface area is 206 Å². The minimum atomic E-state index is 0.140. The Morgan fingerprint density at radius 3 is 2.79 bits per heavy atom. The molecule has 0 amide bonds. The van der Waals surface area contributed by atoms with Crippen molar-refractivity contribution >= 4 is 45.6 Å². The molecule has 176 valence electrons. The number of rotatable bonds is 7. The first-order valence-electron chi connectivity index (χ1n) is 10.7. The Morgan fingerprint density at radius 2 is 2.03 bits per heavy atom. The molecule has 2 aromatic heterocycles. The third kappa shape index (κ3) is 4.59. The van der Waals surface area contributed by atoms with Gasteiger partial charge in [-0.2, -0.15) is 4.98 Å². The summed E-state index contributed by atoms with van der Waals surface area (Å²) in [7, 11) is 3.64. The molecule has 0 aliphatic carbocycles. The van der Waals surface area contributed by atoms with E-state index in [1.54, 1.807) is 25.3 Å². The molecule has 0 spiro atoms. The zero-order valence-electron chi connectivity index (χ0n) is 18.6. The van der Waals surface area contributed by atoms with Crippen molar-refractivity contribution in [1.82, 2.24) is 25.0 Å². The second-order valence-corrected chi connectivity index (χ2v) is 8.79. The molecule has 1 fully saturated rings. The lowest BCUT2D eigenvalue weighted by atomic mass is 10.2. The van der Waals surface area contributed by atoms with Crippen molar-refractivity contribution in [3.8, 4) is 11.5 Å². The van der Waals surface area contributed by atoms with Crippen LogP contribution in [0.25, 0.3) is 10.9 Å². The lowest BCUT2D eigenvalue weighted by Gasteiger charge is -2.14. The van der Waals surface area contributed by atoms with Crippen LogP contribution in [0.3, 0.4) is 0 Å². The van der Waals surface area contributed by atoms with Gasteiger partial charge < -0.3 is 19.3 Å². The van der Waals surface area contributed by atoms with Crippen molar-refractivity contribution in [2.24, 2.45) is 0 Å². The molecule has 11 heteroatoms. The highest BCUT2D eigenvalue weighted by Gasteiger charge is 2.28. The number of anilines is 2. The number of nitrogens with zero attached hydrogens (tertiary/aromatic N) is 5. The maximum Gasteiger partial charge on any atom is 0.244 e. The fourth-order valence-electron chi connectivity index (χ4n) is 3.97. The van der Waals surface area contributed by atoms with E-state index in [9.17, 15) is 0 Å². The molecular weight excluding hydrogens is 479 g/mol. The smallest absolute Gasteiger partial charge is 0.244 e. The van der Waals surface area contributed by atoms with E-state index in [0.717, 1.165) is 30.5 Å². The molecule has 4 aromatic rings. The van der Waals surface area contributed by atoms with Crippen molar-refractivity contribution in [2.45, 2.75) is 25.5 Å². The molecule has 34 heavy (non-hydrogen) atoms. The Morgan fingerprint density at radius 1 is 1.15 bits per heavy atom. The number of likely N-dealkylation sites (tertiary alicyclic amines) is 1.